The van der Waals surface area contributed by atoms with E-state index < -0.39 is 0 Å². The molecule has 19 heavy (non-hydrogen) atoms. The van der Waals surface area contributed by atoms with Crippen LogP contribution in [-0.2, 0) is 0 Å². The van der Waals surface area contributed by atoms with E-state index in [1.165, 1.54) is 5.56 Å². The molecule has 2 aromatic heterocycles. The van der Waals surface area contributed by atoms with Crippen LogP contribution >= 0.6 is 11.6 Å². The Morgan fingerprint density at radius 2 is 2.11 bits per heavy atom. The summed E-state index contributed by atoms with van der Waals surface area (Å²) in [6.07, 6.45) is 2.49. The molecule has 0 spiro atoms. The number of fused-ring (bicyclic) bond motifs is 1. The van der Waals surface area contributed by atoms with Crippen molar-refractivity contribution in [3.8, 4) is 0 Å². The lowest BCUT2D eigenvalue weighted by molar-refractivity contribution is 0.333. The van der Waals surface area contributed by atoms with E-state index in [0.29, 0.717) is 11.9 Å². The fourth-order valence-electron chi connectivity index (χ4n) is 2.17. The normalized spacial score (nSPS) is 13.7. The van der Waals surface area contributed by atoms with Crippen LogP contribution in [0.15, 0.2) is 18.5 Å². The molecule has 0 saturated carbocycles. The van der Waals surface area contributed by atoms with Crippen LogP contribution in [0.25, 0.3) is 5.65 Å². The van der Waals surface area contributed by atoms with Gasteiger partial charge in [0.1, 0.15) is 12.1 Å². The minimum absolute atomic E-state index is 0.130. The zero-order valence-corrected chi connectivity index (χ0v) is 12.7. The number of nitrogens with zero attached hydrogens (tertiary/aromatic N) is 3. The van der Waals surface area contributed by atoms with Crippen LogP contribution in [0.3, 0.4) is 0 Å². The quantitative estimate of drug-likeness (QED) is 0.872. The van der Waals surface area contributed by atoms with Crippen molar-refractivity contribution in [3.63, 3.8) is 0 Å². The second-order valence-corrected chi connectivity index (χ2v) is 6.37. The van der Waals surface area contributed by atoms with Crippen molar-refractivity contribution in [1.29, 1.82) is 0 Å². The summed E-state index contributed by atoms with van der Waals surface area (Å²) in [5, 5.41) is 7.83. The van der Waals surface area contributed by atoms with Crippen molar-refractivity contribution in [2.45, 2.75) is 40.2 Å². The second-order valence-electron chi connectivity index (χ2n) is 5.99. The Kier molecular flexibility index (Phi) is 3.99. The molecule has 0 aliphatic carbocycles. The average molecular weight is 281 g/mol. The lowest BCUT2D eigenvalue weighted by Crippen LogP contribution is -2.35. The first kappa shape index (κ1) is 14.1. The topological polar surface area (TPSA) is 42.2 Å². The van der Waals surface area contributed by atoms with E-state index >= 15 is 0 Å². The first-order valence-corrected chi connectivity index (χ1v) is 7.08. The molecule has 104 valence electrons. The van der Waals surface area contributed by atoms with Crippen molar-refractivity contribution in [2.75, 3.05) is 11.2 Å². The van der Waals surface area contributed by atoms with Gasteiger partial charge in [-0.15, -0.1) is 11.6 Å². The first-order valence-electron chi connectivity index (χ1n) is 6.54. The molecule has 0 radical (unpaired) electrons. The van der Waals surface area contributed by atoms with Crippen LogP contribution < -0.4 is 5.32 Å². The molecule has 2 heterocycles. The molecule has 1 N–H and O–H groups in total. The average Bonchev–Trinajstić information content (AvgIpc) is 2.74. The zero-order chi connectivity index (χ0) is 14.0. The third-order valence-corrected chi connectivity index (χ3v) is 3.51. The maximum atomic E-state index is 5.92. The monoisotopic (exact) mass is 280 g/mol. The van der Waals surface area contributed by atoms with Gasteiger partial charge in [0.05, 0.1) is 0 Å². The number of anilines is 1. The van der Waals surface area contributed by atoms with Crippen LogP contribution in [-0.4, -0.2) is 26.5 Å². The molecule has 2 rings (SSSR count). The SMILES string of the molecule is Cc1cc(NC(CCCl)C(C)(C)C)n2ncnc2c1. The number of alkyl halides is 1. The van der Waals surface area contributed by atoms with Gasteiger partial charge in [-0.05, 0) is 36.5 Å². The minimum atomic E-state index is 0.130. The van der Waals surface area contributed by atoms with Gasteiger partial charge in [0.15, 0.2) is 5.65 Å². The molecular weight excluding hydrogens is 260 g/mol. The first-order chi connectivity index (χ1) is 8.91. The number of halogens is 1. The molecule has 0 saturated heterocycles. The molecule has 0 amide bonds. The van der Waals surface area contributed by atoms with Gasteiger partial charge in [-0.3, -0.25) is 0 Å². The standard InChI is InChI=1S/C14H21ClN4/c1-10-7-12-16-9-17-19(12)13(8-10)18-11(5-6-15)14(2,3)4/h7-9,11,18H,5-6H2,1-4H3. The molecular formula is C14H21ClN4. The second kappa shape index (κ2) is 5.37. The summed E-state index contributed by atoms with van der Waals surface area (Å²) in [6, 6.07) is 4.40. The molecule has 5 heteroatoms. The number of aryl methyl sites for hydroxylation is 1. The van der Waals surface area contributed by atoms with E-state index in [0.717, 1.165) is 17.9 Å². The van der Waals surface area contributed by atoms with Gasteiger partial charge in [-0.2, -0.15) is 9.61 Å². The fraction of sp³-hybridized carbons (Fsp3) is 0.571. The Labute approximate surface area is 119 Å². The van der Waals surface area contributed by atoms with Crippen LogP contribution in [0, 0.1) is 12.3 Å². The van der Waals surface area contributed by atoms with Crippen LogP contribution in [0.1, 0.15) is 32.8 Å². The molecule has 0 aliphatic heterocycles. The van der Waals surface area contributed by atoms with Crippen LogP contribution in [0.4, 0.5) is 5.82 Å². The van der Waals surface area contributed by atoms with Crippen molar-refractivity contribution in [3.05, 3.63) is 24.0 Å². The summed E-state index contributed by atoms with van der Waals surface area (Å²) in [5.41, 5.74) is 2.16. The predicted octanol–water partition coefficient (Wildman–Crippen LogP) is 3.49. The Bertz CT molecular complexity index is 556. The highest BCUT2D eigenvalue weighted by atomic mass is 35.5. The molecule has 1 unspecified atom stereocenters. The van der Waals surface area contributed by atoms with Crippen LogP contribution in [0.5, 0.6) is 0 Å². The van der Waals surface area contributed by atoms with Gasteiger partial charge >= 0.3 is 0 Å². The predicted molar refractivity (Wildman–Crippen MR) is 79.9 cm³/mol. The maximum Gasteiger partial charge on any atom is 0.157 e. The van der Waals surface area contributed by atoms with Crippen molar-refractivity contribution >= 4 is 23.1 Å². The minimum Gasteiger partial charge on any atom is -0.367 e. The maximum absolute atomic E-state index is 5.92. The molecule has 0 aromatic carbocycles. The summed E-state index contributed by atoms with van der Waals surface area (Å²) in [6.45, 7) is 8.70. The third kappa shape index (κ3) is 3.18. The fourth-order valence-corrected chi connectivity index (χ4v) is 2.39. The summed E-state index contributed by atoms with van der Waals surface area (Å²) in [4.78, 5) is 4.24. The van der Waals surface area contributed by atoms with E-state index in [1.807, 2.05) is 10.6 Å². The number of aromatic nitrogens is 3. The zero-order valence-electron chi connectivity index (χ0n) is 11.9. The molecule has 2 aromatic rings. The lowest BCUT2D eigenvalue weighted by Gasteiger charge is -2.32. The molecule has 0 aliphatic rings. The summed E-state index contributed by atoms with van der Waals surface area (Å²) in [7, 11) is 0. The van der Waals surface area contributed by atoms with E-state index in [4.69, 9.17) is 11.6 Å². The number of rotatable bonds is 4. The Hall–Kier alpha value is -1.29. The van der Waals surface area contributed by atoms with Gasteiger partial charge in [-0.1, -0.05) is 20.8 Å². The number of pyridine rings is 1. The van der Waals surface area contributed by atoms with Gasteiger partial charge in [0.25, 0.3) is 0 Å². The molecule has 0 bridgehead atoms. The third-order valence-electron chi connectivity index (χ3n) is 3.29. The number of hydrogen-bond acceptors (Lipinski definition) is 3. The number of hydrogen-bond donors (Lipinski definition) is 1. The van der Waals surface area contributed by atoms with E-state index in [2.05, 4.69) is 49.2 Å². The van der Waals surface area contributed by atoms with Crippen LogP contribution in [0.2, 0.25) is 0 Å². The largest absolute Gasteiger partial charge is 0.367 e. The highest BCUT2D eigenvalue weighted by Crippen LogP contribution is 2.26. The Balaban J connectivity index is 2.35. The van der Waals surface area contributed by atoms with E-state index in [9.17, 15) is 0 Å². The van der Waals surface area contributed by atoms with Crippen molar-refractivity contribution < 1.29 is 0 Å². The van der Waals surface area contributed by atoms with Crippen molar-refractivity contribution in [2.24, 2.45) is 5.41 Å². The molecule has 1 atom stereocenters. The molecule has 4 nitrogen and oxygen atoms in total. The number of nitrogens with one attached hydrogen (secondary N) is 1. The van der Waals surface area contributed by atoms with Gasteiger partial charge < -0.3 is 5.32 Å². The van der Waals surface area contributed by atoms with E-state index in [-0.39, 0.29) is 5.41 Å². The Morgan fingerprint density at radius 1 is 1.37 bits per heavy atom. The summed E-state index contributed by atoms with van der Waals surface area (Å²) < 4.78 is 1.83. The van der Waals surface area contributed by atoms with E-state index in [1.54, 1.807) is 6.33 Å². The lowest BCUT2D eigenvalue weighted by atomic mass is 9.85. The highest BCUT2D eigenvalue weighted by molar-refractivity contribution is 6.17. The smallest absolute Gasteiger partial charge is 0.157 e. The van der Waals surface area contributed by atoms with Crippen molar-refractivity contribution in [1.82, 2.24) is 14.6 Å². The van der Waals surface area contributed by atoms with Gasteiger partial charge in [0.2, 0.25) is 0 Å². The Morgan fingerprint density at radius 3 is 2.74 bits per heavy atom. The molecule has 0 fully saturated rings. The van der Waals surface area contributed by atoms with Gasteiger partial charge in [-0.25, -0.2) is 4.98 Å². The van der Waals surface area contributed by atoms with Gasteiger partial charge in [0, 0.05) is 11.9 Å². The summed E-state index contributed by atoms with van der Waals surface area (Å²) in [5.74, 6) is 1.61. The summed E-state index contributed by atoms with van der Waals surface area (Å²) >= 11 is 5.92. The highest BCUT2D eigenvalue weighted by Gasteiger charge is 2.24.